The summed E-state index contributed by atoms with van der Waals surface area (Å²) in [5, 5.41) is 9.23. The molecule has 1 N–H and O–H groups in total. The van der Waals surface area contributed by atoms with Gasteiger partial charge in [-0.05, 0) is 25.1 Å². The third-order valence-corrected chi connectivity index (χ3v) is 4.32. The largest absolute Gasteiger partial charge is 0.437 e. The Bertz CT molecular complexity index is 1120. The summed E-state index contributed by atoms with van der Waals surface area (Å²) >= 11 is 5.68. The average Bonchev–Trinajstić information content (AvgIpc) is 3.26. The van der Waals surface area contributed by atoms with Crippen LogP contribution in [-0.4, -0.2) is 30.5 Å². The van der Waals surface area contributed by atoms with Crippen LogP contribution in [0.3, 0.4) is 0 Å². The van der Waals surface area contributed by atoms with E-state index in [-0.39, 0.29) is 16.4 Å². The van der Waals surface area contributed by atoms with Gasteiger partial charge in [-0.3, -0.25) is 9.48 Å². The minimum Gasteiger partial charge on any atom is -0.342 e. The molecule has 7 nitrogen and oxygen atoms in total. The van der Waals surface area contributed by atoms with E-state index in [1.165, 1.54) is 14.0 Å². The van der Waals surface area contributed by atoms with Crippen LogP contribution in [0.4, 0.5) is 26.3 Å². The lowest BCUT2D eigenvalue weighted by Gasteiger charge is -2.16. The number of halogens is 7. The van der Waals surface area contributed by atoms with Crippen molar-refractivity contribution < 1.29 is 31.1 Å². The molecule has 1 atom stereocenters. The summed E-state index contributed by atoms with van der Waals surface area (Å²) in [5.41, 5.74) is -3.14. The van der Waals surface area contributed by atoms with Gasteiger partial charge in [0, 0.05) is 17.6 Å². The van der Waals surface area contributed by atoms with Crippen molar-refractivity contribution >= 4 is 17.5 Å². The van der Waals surface area contributed by atoms with Crippen LogP contribution in [0.2, 0.25) is 5.02 Å². The number of benzene rings is 1. The number of nitrogens with zero attached hydrogens (tertiary/aromatic N) is 5. The Balaban J connectivity index is 1.91. The predicted molar refractivity (Wildman–Crippen MR) is 95.5 cm³/mol. The minimum atomic E-state index is -4.78. The maximum Gasteiger partial charge on any atom is 0.437 e. The van der Waals surface area contributed by atoms with Crippen LogP contribution >= 0.6 is 11.6 Å². The molecule has 3 aromatic rings. The van der Waals surface area contributed by atoms with Crippen LogP contribution in [0.5, 0.6) is 0 Å². The number of rotatable bonds is 4. The van der Waals surface area contributed by atoms with Gasteiger partial charge in [0.05, 0.1) is 17.8 Å². The van der Waals surface area contributed by atoms with Gasteiger partial charge in [0.2, 0.25) is 0 Å². The first-order valence-electron chi connectivity index (χ1n) is 8.47. The van der Waals surface area contributed by atoms with Crippen LogP contribution in [0.1, 0.15) is 40.4 Å². The fraction of sp³-hybridized carbons (Fsp3) is 0.294. The zero-order valence-corrected chi connectivity index (χ0v) is 16.5. The van der Waals surface area contributed by atoms with Crippen LogP contribution in [-0.2, 0) is 19.4 Å². The molecule has 3 rings (SSSR count). The fourth-order valence-electron chi connectivity index (χ4n) is 2.79. The van der Waals surface area contributed by atoms with E-state index < -0.39 is 41.2 Å². The Kier molecular flexibility index (Phi) is 5.74. The number of aryl methyl sites for hydroxylation is 1. The molecule has 0 aliphatic carbocycles. The summed E-state index contributed by atoms with van der Waals surface area (Å²) in [7, 11) is 1.29. The van der Waals surface area contributed by atoms with Gasteiger partial charge in [-0.15, -0.1) is 0 Å². The molecular weight excluding hydrogens is 454 g/mol. The van der Waals surface area contributed by atoms with Crippen LogP contribution < -0.4 is 5.32 Å². The second kappa shape index (κ2) is 7.87. The van der Waals surface area contributed by atoms with Gasteiger partial charge in [0.15, 0.2) is 11.5 Å². The number of carbonyl (C=O) groups excluding carboxylic acids is 1. The first kappa shape index (κ1) is 22.6. The molecule has 1 unspecified atom stereocenters. The number of aromatic nitrogens is 5. The Hall–Kier alpha value is -3.09. The van der Waals surface area contributed by atoms with E-state index in [1.54, 1.807) is 0 Å². The van der Waals surface area contributed by atoms with Gasteiger partial charge in [-0.1, -0.05) is 11.6 Å². The molecule has 0 spiro atoms. The summed E-state index contributed by atoms with van der Waals surface area (Å²) in [4.78, 5) is 16.3. The van der Waals surface area contributed by atoms with Crippen molar-refractivity contribution in [2.24, 2.45) is 7.05 Å². The zero-order chi connectivity index (χ0) is 23.1. The summed E-state index contributed by atoms with van der Waals surface area (Å²) in [6.07, 6.45) is -7.45. The van der Waals surface area contributed by atoms with E-state index >= 15 is 0 Å². The second-order valence-corrected chi connectivity index (χ2v) is 6.92. The van der Waals surface area contributed by atoms with Gasteiger partial charge >= 0.3 is 12.4 Å². The van der Waals surface area contributed by atoms with Gasteiger partial charge in [-0.25, -0.2) is 9.67 Å². The van der Waals surface area contributed by atoms with E-state index in [0.717, 1.165) is 28.0 Å². The van der Waals surface area contributed by atoms with Crippen LogP contribution in [0.15, 0.2) is 30.7 Å². The first-order chi connectivity index (χ1) is 14.3. The highest BCUT2D eigenvalue weighted by Crippen LogP contribution is 2.34. The third kappa shape index (κ3) is 4.81. The molecule has 0 saturated heterocycles. The smallest absolute Gasteiger partial charge is 0.342 e. The number of hydrogen-bond donors (Lipinski definition) is 1. The molecule has 31 heavy (non-hydrogen) atoms. The topological polar surface area (TPSA) is 77.6 Å². The van der Waals surface area contributed by atoms with Crippen molar-refractivity contribution in [2.45, 2.75) is 25.3 Å². The highest BCUT2D eigenvalue weighted by atomic mass is 35.5. The lowest BCUT2D eigenvalue weighted by molar-refractivity contribution is -0.141. The maximum absolute atomic E-state index is 13.3. The van der Waals surface area contributed by atoms with Crippen LogP contribution in [0.25, 0.3) is 5.69 Å². The maximum atomic E-state index is 13.3. The van der Waals surface area contributed by atoms with Crippen LogP contribution in [0, 0.1) is 0 Å². The van der Waals surface area contributed by atoms with Gasteiger partial charge in [0.25, 0.3) is 5.91 Å². The molecule has 0 saturated carbocycles. The van der Waals surface area contributed by atoms with E-state index in [1.807, 2.05) is 0 Å². The van der Waals surface area contributed by atoms with E-state index in [0.29, 0.717) is 12.1 Å². The first-order valence-corrected chi connectivity index (χ1v) is 8.85. The Morgan fingerprint density at radius 3 is 2.42 bits per heavy atom. The second-order valence-electron chi connectivity index (χ2n) is 6.49. The standard InChI is InChI=1S/C17H13ClF6N6O/c1-8(27-15(31)9-3-10(16(19,20)21)5-11(18)4-9)14-25-7-26-30(14)12-6-29(2)28-13(12)17(22,23)24/h3-8H,1-2H3,(H,27,31). The molecule has 0 fully saturated rings. The lowest BCUT2D eigenvalue weighted by atomic mass is 10.1. The van der Waals surface area contributed by atoms with Gasteiger partial charge in [0.1, 0.15) is 12.0 Å². The minimum absolute atomic E-state index is 0.0927. The molecule has 14 heteroatoms. The number of hydrogen-bond acceptors (Lipinski definition) is 4. The van der Waals surface area contributed by atoms with Crippen molar-refractivity contribution in [2.75, 3.05) is 0 Å². The molecule has 0 aliphatic rings. The molecule has 1 amide bonds. The number of carbonyl (C=O) groups is 1. The quantitative estimate of drug-likeness (QED) is 0.585. The molecule has 166 valence electrons. The number of nitrogens with one attached hydrogen (secondary N) is 1. The third-order valence-electron chi connectivity index (χ3n) is 4.10. The number of alkyl halides is 6. The van der Waals surface area contributed by atoms with Crippen molar-refractivity contribution in [3.8, 4) is 5.69 Å². The van der Waals surface area contributed by atoms with Crippen molar-refractivity contribution in [3.05, 3.63) is 58.4 Å². The molecule has 0 radical (unpaired) electrons. The molecular formula is C17H13ClF6N6O. The Morgan fingerprint density at radius 1 is 1.13 bits per heavy atom. The summed E-state index contributed by atoms with van der Waals surface area (Å²) in [5.74, 6) is -1.03. The molecule has 2 heterocycles. The summed E-state index contributed by atoms with van der Waals surface area (Å²) in [6.45, 7) is 1.39. The zero-order valence-electron chi connectivity index (χ0n) is 15.8. The Morgan fingerprint density at radius 2 is 1.81 bits per heavy atom. The molecule has 0 aliphatic heterocycles. The predicted octanol–water partition coefficient (Wildman–Crippen LogP) is 4.18. The highest BCUT2D eigenvalue weighted by Gasteiger charge is 2.39. The van der Waals surface area contributed by atoms with E-state index in [9.17, 15) is 31.1 Å². The molecule has 0 bridgehead atoms. The van der Waals surface area contributed by atoms with Gasteiger partial charge in [-0.2, -0.15) is 36.5 Å². The van der Waals surface area contributed by atoms with Gasteiger partial charge < -0.3 is 5.32 Å². The molecule has 1 aromatic carbocycles. The normalized spacial score (nSPS) is 13.3. The lowest BCUT2D eigenvalue weighted by Crippen LogP contribution is -2.29. The summed E-state index contributed by atoms with van der Waals surface area (Å²) in [6, 6.07) is 1.29. The van der Waals surface area contributed by atoms with Crippen molar-refractivity contribution in [1.29, 1.82) is 0 Å². The van der Waals surface area contributed by atoms with Crippen molar-refractivity contribution in [3.63, 3.8) is 0 Å². The van der Waals surface area contributed by atoms with E-state index in [2.05, 4.69) is 20.5 Å². The molecule has 2 aromatic heterocycles. The van der Waals surface area contributed by atoms with E-state index in [4.69, 9.17) is 11.6 Å². The fourth-order valence-corrected chi connectivity index (χ4v) is 3.03. The Labute approximate surface area is 175 Å². The van der Waals surface area contributed by atoms with Crippen molar-refractivity contribution in [1.82, 2.24) is 29.9 Å². The number of amides is 1. The average molecular weight is 467 g/mol. The highest BCUT2D eigenvalue weighted by molar-refractivity contribution is 6.31. The SMILES string of the molecule is CC(NC(=O)c1cc(Cl)cc(C(F)(F)F)c1)c1ncnn1-c1cn(C)nc1C(F)(F)F. The summed E-state index contributed by atoms with van der Waals surface area (Å²) < 4.78 is 80.5. The monoisotopic (exact) mass is 466 g/mol.